The smallest absolute Gasteiger partial charge is 0.303 e. The van der Waals surface area contributed by atoms with Gasteiger partial charge in [-0.3, -0.25) is 0 Å². The van der Waals surface area contributed by atoms with Crippen LogP contribution < -0.4 is 0 Å². The molecule has 0 aliphatic rings. The van der Waals surface area contributed by atoms with Gasteiger partial charge in [-0.15, -0.1) is 4.79 Å². The maximum absolute atomic E-state index is 9.54. The first-order chi connectivity index (χ1) is 18.2. The van der Waals surface area contributed by atoms with E-state index in [9.17, 15) is 5.53 Å². The molecule has 0 N–H and O–H groups in total. The zero-order chi connectivity index (χ0) is 26.7. The number of unbranched alkanes of at least 4 members (excludes halogenated alkanes) is 7. The molecule has 0 amide bonds. The van der Waals surface area contributed by atoms with Gasteiger partial charge in [-0.25, -0.2) is 0 Å². The van der Waals surface area contributed by atoms with Gasteiger partial charge in [0.1, 0.15) is 0 Å². The normalized spacial score (nSPS) is 11.3. The van der Waals surface area contributed by atoms with Crippen molar-refractivity contribution in [2.24, 2.45) is 0 Å². The molecule has 2 aromatic rings. The molecule has 3 heteroatoms. The second-order valence-electron chi connectivity index (χ2n) is 10.4. The molecule has 38 heavy (non-hydrogen) atoms. The average molecular weight is 557 g/mol. The minimum atomic E-state index is 0. The van der Waals surface area contributed by atoms with Gasteiger partial charge < -0.3 is 5.53 Å². The Labute approximate surface area is 243 Å². The summed E-state index contributed by atoms with van der Waals surface area (Å²) in [6.07, 6.45) is 17.4. The standard InChI is InChI=1S/C35H50N2.Ni/c1-5-9-13-15-17-30-22-26-32(27-23-30)35(31-24-20-29(21-25-31)16-11-7-3)34(19-12-8-4)33(28-37-36)18-14-10-6-2;/h20-27H,5-19H2,1-4H3;. The number of hydrogen-bond donors (Lipinski definition) is 0. The van der Waals surface area contributed by atoms with Gasteiger partial charge in [-0.05, 0) is 84.8 Å². The minimum absolute atomic E-state index is 0. The Morgan fingerprint density at radius 1 is 0.605 bits per heavy atom. The van der Waals surface area contributed by atoms with Gasteiger partial charge in [0.15, 0.2) is 0 Å². The van der Waals surface area contributed by atoms with Crippen LogP contribution in [0.1, 0.15) is 133 Å². The maximum Gasteiger partial charge on any atom is 0.303 e. The fourth-order valence-corrected chi connectivity index (χ4v) is 4.99. The first-order valence-corrected chi connectivity index (χ1v) is 15.1. The van der Waals surface area contributed by atoms with E-state index < -0.39 is 0 Å². The van der Waals surface area contributed by atoms with Gasteiger partial charge >= 0.3 is 5.87 Å². The van der Waals surface area contributed by atoms with Crippen LogP contribution in [-0.4, -0.2) is 10.7 Å². The molecule has 0 spiro atoms. The van der Waals surface area contributed by atoms with Crippen molar-refractivity contribution >= 4 is 11.4 Å². The summed E-state index contributed by atoms with van der Waals surface area (Å²) in [4.78, 5) is 3.40. The Bertz CT molecular complexity index is 1020. The summed E-state index contributed by atoms with van der Waals surface area (Å²) < 4.78 is 0. The number of rotatable bonds is 18. The topological polar surface area (TPSA) is 36.4 Å². The number of benzene rings is 2. The van der Waals surface area contributed by atoms with Gasteiger partial charge in [0.05, 0.1) is 5.57 Å². The summed E-state index contributed by atoms with van der Waals surface area (Å²) in [5.74, 6) is 3.00. The molecule has 0 saturated carbocycles. The van der Waals surface area contributed by atoms with E-state index in [1.54, 1.807) is 0 Å². The number of nitrogens with zero attached hydrogens (tertiary/aromatic N) is 2. The first kappa shape index (κ1) is 33.9. The van der Waals surface area contributed by atoms with E-state index in [1.807, 2.05) is 0 Å². The summed E-state index contributed by atoms with van der Waals surface area (Å²) >= 11 is 0. The van der Waals surface area contributed by atoms with E-state index in [0.717, 1.165) is 50.5 Å². The Morgan fingerprint density at radius 3 is 1.61 bits per heavy atom. The van der Waals surface area contributed by atoms with Crippen LogP contribution in [0.4, 0.5) is 0 Å². The molecule has 0 radical (unpaired) electrons. The third-order valence-corrected chi connectivity index (χ3v) is 7.28. The Kier molecular flexibility index (Phi) is 18.5. The minimum Gasteiger partial charge on any atom is -0.348 e. The van der Waals surface area contributed by atoms with Crippen molar-refractivity contribution in [3.8, 4) is 0 Å². The molecule has 0 atom stereocenters. The monoisotopic (exact) mass is 556 g/mol. The van der Waals surface area contributed by atoms with Crippen molar-refractivity contribution in [3.63, 3.8) is 0 Å². The van der Waals surface area contributed by atoms with Crippen molar-refractivity contribution in [1.29, 1.82) is 0 Å². The average Bonchev–Trinajstić information content (AvgIpc) is 2.93. The molecule has 2 nitrogen and oxygen atoms in total. The molecule has 0 heterocycles. The third kappa shape index (κ3) is 11.7. The molecule has 2 aromatic carbocycles. The van der Waals surface area contributed by atoms with Gasteiger partial charge in [0.25, 0.3) is 0 Å². The quantitative estimate of drug-likeness (QED) is 0.0437. The molecule has 0 unspecified atom stereocenters. The molecule has 0 bridgehead atoms. The van der Waals surface area contributed by atoms with Gasteiger partial charge in [-0.2, -0.15) is 0 Å². The molecule has 0 fully saturated rings. The van der Waals surface area contributed by atoms with Crippen molar-refractivity contribution in [1.82, 2.24) is 0 Å². The van der Waals surface area contributed by atoms with Crippen molar-refractivity contribution in [2.45, 2.75) is 124 Å². The third-order valence-electron chi connectivity index (χ3n) is 7.28. The summed E-state index contributed by atoms with van der Waals surface area (Å²) in [5, 5.41) is 0. The van der Waals surface area contributed by atoms with Crippen LogP contribution in [0.2, 0.25) is 0 Å². The molecule has 0 aliphatic carbocycles. The zero-order valence-electron chi connectivity index (χ0n) is 24.4. The van der Waals surface area contributed by atoms with Gasteiger partial charge in [-0.1, -0.05) is 121 Å². The molecule has 0 aliphatic heterocycles. The van der Waals surface area contributed by atoms with Crippen molar-refractivity contribution < 1.29 is 21.3 Å². The molecular weight excluding hydrogens is 507 g/mol. The summed E-state index contributed by atoms with van der Waals surface area (Å²) in [5.41, 5.74) is 18.5. The fourth-order valence-electron chi connectivity index (χ4n) is 4.99. The second-order valence-corrected chi connectivity index (χ2v) is 10.4. The van der Waals surface area contributed by atoms with E-state index >= 15 is 0 Å². The van der Waals surface area contributed by atoms with Crippen LogP contribution in [-0.2, 0) is 29.3 Å². The number of aryl methyl sites for hydroxylation is 2. The fraction of sp³-hybridized carbons (Fsp3) is 0.543. The molecule has 0 aromatic heterocycles. The first-order valence-electron chi connectivity index (χ1n) is 15.1. The maximum atomic E-state index is 9.54. The predicted octanol–water partition coefficient (Wildman–Crippen LogP) is 10.5. The van der Waals surface area contributed by atoms with Crippen LogP contribution in [0.5, 0.6) is 0 Å². The largest absolute Gasteiger partial charge is 0.348 e. The molecular formula is C35H50N2Ni. The van der Waals surface area contributed by atoms with E-state index in [2.05, 4.69) is 86.9 Å². The number of allylic oxidation sites excluding steroid dienone is 2. The van der Waals surface area contributed by atoms with Crippen LogP contribution >= 0.6 is 0 Å². The van der Waals surface area contributed by atoms with Gasteiger partial charge in [0.2, 0.25) is 0 Å². The van der Waals surface area contributed by atoms with E-state index in [0.29, 0.717) is 0 Å². The van der Waals surface area contributed by atoms with Crippen LogP contribution in [0.25, 0.3) is 11.1 Å². The SMILES string of the molecule is CCCCCCc1ccc(C(=C(CCCC)C(=C=[N+]=[N-])CCCCC)c2ccc(CCCC)cc2)cc1.[Ni]. The Hall–Kier alpha value is -2.17. The van der Waals surface area contributed by atoms with E-state index in [1.165, 1.54) is 84.8 Å². The Morgan fingerprint density at radius 2 is 1.11 bits per heavy atom. The number of hydrogen-bond acceptors (Lipinski definition) is 0. The van der Waals surface area contributed by atoms with Gasteiger partial charge in [0, 0.05) is 16.5 Å². The van der Waals surface area contributed by atoms with Crippen LogP contribution in [0.15, 0.2) is 59.7 Å². The predicted molar refractivity (Wildman–Crippen MR) is 161 cm³/mol. The van der Waals surface area contributed by atoms with E-state index in [4.69, 9.17) is 0 Å². The molecule has 210 valence electrons. The van der Waals surface area contributed by atoms with Crippen LogP contribution in [0, 0.1) is 0 Å². The second kappa shape index (κ2) is 20.8. The molecule has 2 rings (SSSR count). The van der Waals surface area contributed by atoms with Crippen molar-refractivity contribution in [3.05, 3.63) is 87.5 Å². The summed E-state index contributed by atoms with van der Waals surface area (Å²) in [6, 6.07) is 18.4. The summed E-state index contributed by atoms with van der Waals surface area (Å²) in [7, 11) is 0. The van der Waals surface area contributed by atoms with Crippen LogP contribution in [0.3, 0.4) is 0 Å². The Balaban J connectivity index is 0.00000722. The zero-order valence-corrected chi connectivity index (χ0v) is 25.4. The summed E-state index contributed by atoms with van der Waals surface area (Å²) in [6.45, 7) is 8.99. The van der Waals surface area contributed by atoms with Crippen molar-refractivity contribution in [2.75, 3.05) is 0 Å². The van der Waals surface area contributed by atoms with E-state index in [-0.39, 0.29) is 16.5 Å². The molecule has 0 saturated heterocycles.